The molecule has 0 bridgehead atoms. The molecule has 5 aromatic rings. The minimum absolute atomic E-state index is 0.00639. The highest BCUT2D eigenvalue weighted by molar-refractivity contribution is 7.02. The predicted molar refractivity (Wildman–Crippen MR) is 129 cm³/mol. The van der Waals surface area contributed by atoms with Crippen molar-refractivity contribution < 1.29 is 0 Å². The minimum Gasteiger partial charge on any atom is -0.0611 e. The molecule has 5 aromatic carbocycles. The van der Waals surface area contributed by atoms with Crippen molar-refractivity contribution in [1.82, 2.24) is 0 Å². The van der Waals surface area contributed by atoms with Gasteiger partial charge in [-0.3, -0.25) is 0 Å². The van der Waals surface area contributed by atoms with Crippen LogP contribution < -0.4 is 16.4 Å². The van der Waals surface area contributed by atoms with Gasteiger partial charge in [0.2, 0.25) is 6.71 Å². The van der Waals surface area contributed by atoms with Crippen molar-refractivity contribution >= 4 is 44.6 Å². The third-order valence-corrected chi connectivity index (χ3v) is 8.07. The van der Waals surface area contributed by atoms with E-state index in [9.17, 15) is 0 Å². The smallest absolute Gasteiger partial charge is 0.0611 e. The van der Waals surface area contributed by atoms with Crippen molar-refractivity contribution in [2.45, 2.75) is 19.3 Å². The fourth-order valence-electron chi connectivity index (χ4n) is 6.88. The first-order chi connectivity index (χ1) is 14.7. The van der Waals surface area contributed by atoms with Gasteiger partial charge in [0.1, 0.15) is 0 Å². The quantitative estimate of drug-likeness (QED) is 0.322. The summed E-state index contributed by atoms with van der Waals surface area (Å²) in [5, 5.41) is 5.68. The lowest BCUT2D eigenvalue weighted by Crippen LogP contribution is -2.64. The summed E-state index contributed by atoms with van der Waals surface area (Å²) in [4.78, 5) is 0. The van der Waals surface area contributed by atoms with Crippen molar-refractivity contribution in [2.24, 2.45) is 0 Å². The standard InChI is InChI=1S/C29H19B/c1-29(2)22-14-12-16-6-3-8-18-20-10-5-11-21-19-9-4-7-17-13-15-23(29)28(25(17)19)30(26(20)21)27(22)24(16)18/h3-15H,1-2H3. The molecule has 0 saturated carbocycles. The Morgan fingerprint density at radius 2 is 0.967 bits per heavy atom. The van der Waals surface area contributed by atoms with Crippen LogP contribution in [0.5, 0.6) is 0 Å². The monoisotopic (exact) mass is 378 g/mol. The maximum absolute atomic E-state index is 2.42. The molecule has 3 heterocycles. The maximum atomic E-state index is 2.42. The Kier molecular flexibility index (Phi) is 2.43. The summed E-state index contributed by atoms with van der Waals surface area (Å²) in [5.74, 6) is 0. The summed E-state index contributed by atoms with van der Waals surface area (Å²) in [6, 6.07) is 30.1. The average molecular weight is 378 g/mol. The molecule has 0 spiro atoms. The zero-order chi connectivity index (χ0) is 19.8. The molecule has 3 aliphatic rings. The summed E-state index contributed by atoms with van der Waals surface area (Å²) in [7, 11) is 0. The van der Waals surface area contributed by atoms with E-state index in [0.29, 0.717) is 6.71 Å². The van der Waals surface area contributed by atoms with E-state index in [-0.39, 0.29) is 5.41 Å². The predicted octanol–water partition coefficient (Wildman–Crippen LogP) is 5.11. The minimum atomic E-state index is -0.00639. The van der Waals surface area contributed by atoms with Gasteiger partial charge in [0, 0.05) is 5.41 Å². The number of hydrogen-bond donors (Lipinski definition) is 0. The number of fused-ring (bicyclic) bond motifs is 2. The van der Waals surface area contributed by atoms with Crippen LogP contribution in [-0.2, 0) is 5.41 Å². The molecular formula is C29H19B. The Morgan fingerprint density at radius 3 is 1.50 bits per heavy atom. The molecule has 8 rings (SSSR count). The van der Waals surface area contributed by atoms with E-state index >= 15 is 0 Å². The molecule has 0 atom stereocenters. The van der Waals surface area contributed by atoms with Gasteiger partial charge in [0.15, 0.2) is 0 Å². The van der Waals surface area contributed by atoms with Crippen LogP contribution in [0.25, 0.3) is 43.8 Å². The highest BCUT2D eigenvalue weighted by atomic mass is 14.4. The van der Waals surface area contributed by atoms with Gasteiger partial charge in [-0.15, -0.1) is 0 Å². The molecule has 3 aliphatic heterocycles. The average Bonchev–Trinajstić information content (AvgIpc) is 2.77. The van der Waals surface area contributed by atoms with Gasteiger partial charge in [-0.25, -0.2) is 0 Å². The third kappa shape index (κ3) is 1.48. The van der Waals surface area contributed by atoms with E-state index in [1.54, 1.807) is 10.9 Å². The molecule has 0 saturated heterocycles. The van der Waals surface area contributed by atoms with Gasteiger partial charge in [0.25, 0.3) is 0 Å². The summed E-state index contributed by atoms with van der Waals surface area (Å²) in [6.07, 6.45) is 0. The van der Waals surface area contributed by atoms with E-state index in [2.05, 4.69) is 92.7 Å². The fraction of sp³-hybridized carbons (Fsp3) is 0.103. The second kappa shape index (κ2) is 4.70. The molecule has 0 fully saturated rings. The molecule has 0 N–H and O–H groups in total. The van der Waals surface area contributed by atoms with Crippen molar-refractivity contribution in [3.63, 3.8) is 0 Å². The number of benzene rings is 5. The first-order valence-electron chi connectivity index (χ1n) is 10.9. The molecular weight excluding hydrogens is 359 g/mol. The van der Waals surface area contributed by atoms with Crippen LogP contribution >= 0.6 is 0 Å². The van der Waals surface area contributed by atoms with Crippen LogP contribution in [0.3, 0.4) is 0 Å². The van der Waals surface area contributed by atoms with Crippen LogP contribution in [-0.4, -0.2) is 6.71 Å². The second-order valence-electron chi connectivity index (χ2n) is 9.69. The second-order valence-corrected chi connectivity index (χ2v) is 9.69. The molecule has 0 aliphatic carbocycles. The van der Waals surface area contributed by atoms with E-state index in [1.807, 2.05) is 0 Å². The SMILES string of the molecule is CC1(C)c2ccc3cccc4c3c2B2c3c-4cccc3-c3cccc4ccc1c2c34. The topological polar surface area (TPSA) is 0 Å². The Hall–Kier alpha value is -3.32. The van der Waals surface area contributed by atoms with Crippen molar-refractivity contribution in [1.29, 1.82) is 0 Å². The van der Waals surface area contributed by atoms with E-state index in [1.165, 1.54) is 60.4 Å². The molecule has 0 radical (unpaired) electrons. The Bertz CT molecular complexity index is 1500. The number of rotatable bonds is 0. The Morgan fingerprint density at radius 1 is 0.500 bits per heavy atom. The molecule has 0 amide bonds. The van der Waals surface area contributed by atoms with Gasteiger partial charge in [0.05, 0.1) is 0 Å². The van der Waals surface area contributed by atoms with Crippen LogP contribution in [0.2, 0.25) is 0 Å². The van der Waals surface area contributed by atoms with Gasteiger partial charge < -0.3 is 0 Å². The maximum Gasteiger partial charge on any atom is 0.245 e. The van der Waals surface area contributed by atoms with E-state index in [0.717, 1.165) is 0 Å². The van der Waals surface area contributed by atoms with Crippen LogP contribution in [0.1, 0.15) is 25.0 Å². The zero-order valence-electron chi connectivity index (χ0n) is 17.1. The Labute approximate surface area is 176 Å². The van der Waals surface area contributed by atoms with Crippen LogP contribution in [0.15, 0.2) is 78.9 Å². The highest BCUT2D eigenvalue weighted by Crippen LogP contribution is 2.45. The summed E-state index contributed by atoms with van der Waals surface area (Å²) in [5.41, 5.74) is 13.3. The number of hydrogen-bond acceptors (Lipinski definition) is 0. The molecule has 0 nitrogen and oxygen atoms in total. The first-order valence-corrected chi connectivity index (χ1v) is 10.9. The first kappa shape index (κ1) is 15.5. The summed E-state index contributed by atoms with van der Waals surface area (Å²) in [6.45, 7) is 5.17. The van der Waals surface area contributed by atoms with Gasteiger partial charge in [-0.2, -0.15) is 0 Å². The third-order valence-electron chi connectivity index (χ3n) is 8.07. The summed E-state index contributed by atoms with van der Waals surface area (Å²) < 4.78 is 0. The molecule has 0 aromatic heterocycles. The Balaban J connectivity index is 1.74. The molecule has 30 heavy (non-hydrogen) atoms. The van der Waals surface area contributed by atoms with E-state index in [4.69, 9.17) is 0 Å². The van der Waals surface area contributed by atoms with E-state index < -0.39 is 0 Å². The fourth-order valence-corrected chi connectivity index (χ4v) is 6.88. The van der Waals surface area contributed by atoms with Gasteiger partial charge >= 0.3 is 0 Å². The molecule has 1 heteroatoms. The largest absolute Gasteiger partial charge is 0.245 e. The van der Waals surface area contributed by atoms with Crippen LogP contribution in [0, 0.1) is 0 Å². The summed E-state index contributed by atoms with van der Waals surface area (Å²) >= 11 is 0. The van der Waals surface area contributed by atoms with Crippen molar-refractivity contribution in [3.8, 4) is 22.3 Å². The molecule has 0 unspecified atom stereocenters. The van der Waals surface area contributed by atoms with Crippen molar-refractivity contribution in [2.75, 3.05) is 0 Å². The van der Waals surface area contributed by atoms with Gasteiger partial charge in [-0.1, -0.05) is 109 Å². The highest BCUT2D eigenvalue weighted by Gasteiger charge is 2.47. The zero-order valence-corrected chi connectivity index (χ0v) is 17.1. The van der Waals surface area contributed by atoms with Gasteiger partial charge in [-0.05, 0) is 54.9 Å². The van der Waals surface area contributed by atoms with Crippen LogP contribution in [0.4, 0.5) is 0 Å². The lowest BCUT2D eigenvalue weighted by Gasteiger charge is -2.45. The molecule has 138 valence electrons. The lowest BCUT2D eigenvalue weighted by atomic mass is 9.27. The van der Waals surface area contributed by atoms with Crippen molar-refractivity contribution in [3.05, 3.63) is 90.0 Å². The lowest BCUT2D eigenvalue weighted by molar-refractivity contribution is 0.647. The normalized spacial score (nSPS) is 15.9.